The van der Waals surface area contributed by atoms with Crippen LogP contribution in [0.2, 0.25) is 0 Å². The zero-order valence-electron chi connectivity index (χ0n) is 14.1. The summed E-state index contributed by atoms with van der Waals surface area (Å²) in [6, 6.07) is 18.2. The van der Waals surface area contributed by atoms with Crippen molar-refractivity contribution in [2.24, 2.45) is 0 Å². The van der Waals surface area contributed by atoms with E-state index in [1.165, 1.54) is 16.2 Å². The Hall–Kier alpha value is -2.64. The molecule has 0 saturated carbocycles. The fourth-order valence-electron chi connectivity index (χ4n) is 2.38. The molecule has 26 heavy (non-hydrogen) atoms. The van der Waals surface area contributed by atoms with Crippen molar-refractivity contribution in [1.29, 1.82) is 0 Å². The van der Waals surface area contributed by atoms with Gasteiger partial charge >= 0.3 is 0 Å². The van der Waals surface area contributed by atoms with Crippen molar-refractivity contribution < 1.29 is 4.74 Å². The summed E-state index contributed by atoms with van der Waals surface area (Å²) in [7, 11) is 1.66. The molecule has 0 radical (unpaired) electrons. The Kier molecular flexibility index (Phi) is 4.99. The molecule has 0 spiro atoms. The zero-order valence-corrected chi connectivity index (χ0v) is 15.7. The lowest BCUT2D eigenvalue weighted by Crippen LogP contribution is -1.93. The maximum Gasteiger partial charge on any atom is 0.234 e. The highest BCUT2D eigenvalue weighted by molar-refractivity contribution is 7.98. The number of fused-ring (bicyclic) bond motifs is 1. The quantitative estimate of drug-likeness (QED) is 0.456. The zero-order chi connectivity index (χ0) is 17.8. The summed E-state index contributed by atoms with van der Waals surface area (Å²) >= 11 is 3.25. The van der Waals surface area contributed by atoms with Crippen molar-refractivity contribution in [2.45, 2.75) is 10.6 Å². The van der Waals surface area contributed by atoms with Crippen LogP contribution in [0, 0.1) is 0 Å². The molecule has 5 nitrogen and oxygen atoms in total. The van der Waals surface area contributed by atoms with Crippen LogP contribution in [0.4, 0.5) is 0 Å². The average molecular weight is 380 g/mol. The fraction of sp³-hybridized carbons (Fsp3) is 0.105. The average Bonchev–Trinajstić information content (AvgIpc) is 3.26. The summed E-state index contributed by atoms with van der Waals surface area (Å²) in [4.78, 5) is 2.02. The third-order valence-electron chi connectivity index (χ3n) is 3.72. The van der Waals surface area contributed by atoms with Crippen LogP contribution in [0.3, 0.4) is 0 Å². The maximum absolute atomic E-state index is 5.17. The first-order valence-corrected chi connectivity index (χ1v) is 9.83. The Morgan fingerprint density at radius 1 is 1.04 bits per heavy atom. The van der Waals surface area contributed by atoms with Gasteiger partial charge in [-0.05, 0) is 35.9 Å². The fourth-order valence-corrected chi connectivity index (χ4v) is 3.96. The summed E-state index contributed by atoms with van der Waals surface area (Å²) in [6.07, 6.45) is 4.03. The topological polar surface area (TPSA) is 52.3 Å². The predicted molar refractivity (Wildman–Crippen MR) is 107 cm³/mol. The van der Waals surface area contributed by atoms with E-state index >= 15 is 0 Å². The van der Waals surface area contributed by atoms with Gasteiger partial charge in [0.2, 0.25) is 4.96 Å². The van der Waals surface area contributed by atoms with Gasteiger partial charge in [0.1, 0.15) is 10.8 Å². The minimum Gasteiger partial charge on any atom is -0.497 e. The molecule has 2 heterocycles. The van der Waals surface area contributed by atoms with Gasteiger partial charge in [0.05, 0.1) is 12.9 Å². The van der Waals surface area contributed by atoms with Crippen molar-refractivity contribution in [3.8, 4) is 5.75 Å². The van der Waals surface area contributed by atoms with Crippen LogP contribution in [-0.2, 0) is 5.75 Å². The SMILES string of the molecule is COc1ccc(/C=C/c2nn3c(CSc4ccccc4)nnc3s2)cc1. The second kappa shape index (κ2) is 7.72. The summed E-state index contributed by atoms with van der Waals surface area (Å²) in [6.45, 7) is 0. The second-order valence-corrected chi connectivity index (χ2v) is 7.50. The normalized spacial score (nSPS) is 11.4. The Labute approximate surface area is 159 Å². The lowest BCUT2D eigenvalue weighted by atomic mass is 10.2. The van der Waals surface area contributed by atoms with Gasteiger partial charge in [-0.15, -0.1) is 22.0 Å². The molecule has 7 heteroatoms. The molecule has 0 aliphatic heterocycles. The van der Waals surface area contributed by atoms with Gasteiger partial charge in [-0.3, -0.25) is 0 Å². The molecule has 0 N–H and O–H groups in total. The molecule has 0 aliphatic rings. The third kappa shape index (κ3) is 3.79. The van der Waals surface area contributed by atoms with Crippen LogP contribution in [0.25, 0.3) is 17.1 Å². The lowest BCUT2D eigenvalue weighted by Gasteiger charge is -1.98. The molecule has 0 amide bonds. The molecule has 2 aromatic heterocycles. The number of methoxy groups -OCH3 is 1. The van der Waals surface area contributed by atoms with Gasteiger partial charge in [0.15, 0.2) is 5.82 Å². The van der Waals surface area contributed by atoms with Gasteiger partial charge in [-0.2, -0.15) is 9.61 Å². The summed E-state index contributed by atoms with van der Waals surface area (Å²) in [5.74, 6) is 2.44. The van der Waals surface area contributed by atoms with Gasteiger partial charge < -0.3 is 4.74 Å². The van der Waals surface area contributed by atoms with Crippen LogP contribution >= 0.6 is 23.1 Å². The molecule has 0 saturated heterocycles. The number of hydrogen-bond acceptors (Lipinski definition) is 6. The first-order chi connectivity index (χ1) is 12.8. The second-order valence-electron chi connectivity index (χ2n) is 5.46. The van der Waals surface area contributed by atoms with Gasteiger partial charge in [-0.25, -0.2) is 0 Å². The number of benzene rings is 2. The molecule has 0 aliphatic carbocycles. The number of nitrogens with zero attached hydrogens (tertiary/aromatic N) is 4. The Bertz CT molecular complexity index is 1020. The monoisotopic (exact) mass is 380 g/mol. The highest BCUT2D eigenvalue weighted by atomic mass is 32.2. The van der Waals surface area contributed by atoms with Crippen molar-refractivity contribution in [3.05, 3.63) is 71.0 Å². The number of ether oxygens (including phenoxy) is 1. The van der Waals surface area contributed by atoms with E-state index in [4.69, 9.17) is 4.74 Å². The molecule has 2 aromatic carbocycles. The van der Waals surface area contributed by atoms with E-state index in [1.807, 2.05) is 59.1 Å². The van der Waals surface area contributed by atoms with E-state index < -0.39 is 0 Å². The molecule has 4 aromatic rings. The molecule has 4 rings (SSSR count). The number of thioether (sulfide) groups is 1. The van der Waals surface area contributed by atoms with Gasteiger partial charge in [0.25, 0.3) is 0 Å². The summed E-state index contributed by atoms with van der Waals surface area (Å²) in [5, 5.41) is 14.0. The van der Waals surface area contributed by atoms with E-state index in [2.05, 4.69) is 27.4 Å². The minimum absolute atomic E-state index is 0.733. The Balaban J connectivity index is 1.49. The Morgan fingerprint density at radius 2 is 1.85 bits per heavy atom. The third-order valence-corrected chi connectivity index (χ3v) is 5.59. The molecule has 0 atom stereocenters. The van der Waals surface area contributed by atoms with Crippen LogP contribution in [0.5, 0.6) is 5.75 Å². The van der Waals surface area contributed by atoms with Crippen LogP contribution in [0.15, 0.2) is 59.5 Å². The van der Waals surface area contributed by atoms with Crippen molar-refractivity contribution in [1.82, 2.24) is 19.8 Å². The molecule has 0 bridgehead atoms. The highest BCUT2D eigenvalue weighted by Crippen LogP contribution is 2.23. The van der Waals surface area contributed by atoms with Crippen LogP contribution in [-0.4, -0.2) is 26.9 Å². The van der Waals surface area contributed by atoms with E-state index in [1.54, 1.807) is 18.9 Å². The van der Waals surface area contributed by atoms with E-state index in [0.29, 0.717) is 0 Å². The van der Waals surface area contributed by atoms with E-state index in [-0.39, 0.29) is 0 Å². The van der Waals surface area contributed by atoms with Crippen molar-refractivity contribution in [3.63, 3.8) is 0 Å². The number of aromatic nitrogens is 4. The lowest BCUT2D eigenvalue weighted by molar-refractivity contribution is 0.415. The standard InChI is InChI=1S/C19H16N4OS2/c1-24-15-10-7-14(8-11-15)9-12-18-22-23-17(20-21-19(23)26-18)13-25-16-5-3-2-4-6-16/h2-12H,13H2,1H3/b12-9+. The maximum atomic E-state index is 5.17. The first kappa shape index (κ1) is 16.8. The van der Waals surface area contributed by atoms with E-state index in [0.717, 1.165) is 32.9 Å². The first-order valence-electron chi connectivity index (χ1n) is 8.03. The Morgan fingerprint density at radius 3 is 2.62 bits per heavy atom. The molecular weight excluding hydrogens is 364 g/mol. The molecule has 0 fully saturated rings. The van der Waals surface area contributed by atoms with E-state index in [9.17, 15) is 0 Å². The highest BCUT2D eigenvalue weighted by Gasteiger charge is 2.10. The minimum atomic E-state index is 0.733. The van der Waals surface area contributed by atoms with Gasteiger partial charge in [0, 0.05) is 4.90 Å². The predicted octanol–water partition coefficient (Wildman–Crippen LogP) is 4.66. The van der Waals surface area contributed by atoms with Crippen LogP contribution in [0.1, 0.15) is 16.4 Å². The summed E-state index contributed by atoms with van der Waals surface area (Å²) in [5.41, 5.74) is 1.09. The number of hydrogen-bond donors (Lipinski definition) is 0. The number of rotatable bonds is 6. The van der Waals surface area contributed by atoms with Crippen molar-refractivity contribution in [2.75, 3.05) is 7.11 Å². The summed E-state index contributed by atoms with van der Waals surface area (Å²) < 4.78 is 7.00. The van der Waals surface area contributed by atoms with Gasteiger partial charge in [-0.1, -0.05) is 47.7 Å². The molecule has 130 valence electrons. The van der Waals surface area contributed by atoms with Crippen LogP contribution < -0.4 is 4.74 Å². The van der Waals surface area contributed by atoms with Crippen molar-refractivity contribution >= 4 is 40.2 Å². The smallest absolute Gasteiger partial charge is 0.234 e. The largest absolute Gasteiger partial charge is 0.497 e. The molecular formula is C19H16N4OS2. The molecule has 0 unspecified atom stereocenters.